The van der Waals surface area contributed by atoms with Crippen molar-refractivity contribution >= 4 is 10.4 Å². The standard InChI is InChI=1S/C27H48O9S/c1-15(14-28)6-5-7-16(2)21-24(36-37(33,34)35)23(31)22-18-12-20(30)27(32)13-17(29)8-11-26(27,4)19(18)9-10-25(21,22)3/h15-24,28-32H,5-14H2,1-4H3,(H,33,34,35)/t15-,16+,17-,18+,19-,20+,21-,22+,23+,24+,25+,26+,27-/m0/s1. The van der Waals surface area contributed by atoms with E-state index in [2.05, 4.69) is 6.92 Å². The summed E-state index contributed by atoms with van der Waals surface area (Å²) < 4.78 is 38.6. The molecule has 0 amide bonds. The molecule has 0 saturated heterocycles. The summed E-state index contributed by atoms with van der Waals surface area (Å²) in [5.41, 5.74) is -2.54. The predicted octanol–water partition coefficient (Wildman–Crippen LogP) is 2.30. The Hall–Kier alpha value is -0.330. The Bertz CT molecular complexity index is 929. The van der Waals surface area contributed by atoms with E-state index in [0.29, 0.717) is 19.3 Å². The molecule has 0 bridgehead atoms. The number of rotatable bonds is 8. The van der Waals surface area contributed by atoms with Gasteiger partial charge in [-0.25, -0.2) is 4.18 Å². The Morgan fingerprint density at radius 3 is 2.35 bits per heavy atom. The molecule has 0 aromatic heterocycles. The molecule has 4 fully saturated rings. The summed E-state index contributed by atoms with van der Waals surface area (Å²) in [6.45, 7) is 8.21. The number of aliphatic hydroxyl groups is 5. The molecule has 0 unspecified atom stereocenters. The van der Waals surface area contributed by atoms with Gasteiger partial charge in [-0.2, -0.15) is 8.42 Å². The first-order valence-corrected chi connectivity index (χ1v) is 15.5. The third kappa shape index (κ3) is 4.92. The average Bonchev–Trinajstić information content (AvgIpc) is 3.01. The van der Waals surface area contributed by atoms with E-state index in [4.69, 9.17) is 4.18 Å². The van der Waals surface area contributed by atoms with Gasteiger partial charge in [0.15, 0.2) is 0 Å². The lowest BCUT2D eigenvalue weighted by molar-refractivity contribution is -0.268. The number of hydrogen-bond acceptors (Lipinski definition) is 8. The van der Waals surface area contributed by atoms with E-state index in [1.54, 1.807) is 0 Å². The van der Waals surface area contributed by atoms with Gasteiger partial charge in [0.1, 0.15) is 6.10 Å². The van der Waals surface area contributed by atoms with Crippen molar-refractivity contribution in [1.29, 1.82) is 0 Å². The fraction of sp³-hybridized carbons (Fsp3) is 1.00. The third-order valence-electron chi connectivity index (χ3n) is 11.5. The largest absolute Gasteiger partial charge is 0.397 e. The molecule has 10 heteroatoms. The van der Waals surface area contributed by atoms with Crippen molar-refractivity contribution < 1.29 is 42.7 Å². The first kappa shape index (κ1) is 29.6. The minimum absolute atomic E-state index is 0.00744. The summed E-state index contributed by atoms with van der Waals surface area (Å²) in [5.74, 6) is -0.717. The van der Waals surface area contributed by atoms with Gasteiger partial charge >= 0.3 is 10.4 Å². The molecular weight excluding hydrogens is 500 g/mol. The number of aliphatic hydroxyl groups excluding tert-OH is 4. The van der Waals surface area contributed by atoms with Crippen LogP contribution in [0.1, 0.15) is 85.5 Å². The monoisotopic (exact) mass is 548 g/mol. The van der Waals surface area contributed by atoms with Crippen molar-refractivity contribution in [3.05, 3.63) is 0 Å². The molecule has 4 aliphatic carbocycles. The zero-order valence-electron chi connectivity index (χ0n) is 22.7. The topological polar surface area (TPSA) is 165 Å². The zero-order chi connectivity index (χ0) is 27.6. The Morgan fingerprint density at radius 1 is 1.05 bits per heavy atom. The van der Waals surface area contributed by atoms with Gasteiger partial charge in [-0.15, -0.1) is 0 Å². The Balaban J connectivity index is 1.68. The van der Waals surface area contributed by atoms with Crippen molar-refractivity contribution in [1.82, 2.24) is 0 Å². The van der Waals surface area contributed by atoms with Gasteiger partial charge in [-0.3, -0.25) is 4.55 Å². The highest BCUT2D eigenvalue weighted by Crippen LogP contribution is 2.69. The summed E-state index contributed by atoms with van der Waals surface area (Å²) in [7, 11) is -4.81. The van der Waals surface area contributed by atoms with Crippen LogP contribution in [0.15, 0.2) is 0 Å². The first-order chi connectivity index (χ1) is 17.1. The summed E-state index contributed by atoms with van der Waals surface area (Å²) in [6, 6.07) is 0. The fourth-order valence-corrected chi connectivity index (χ4v) is 10.2. The molecular formula is C27H48O9S. The van der Waals surface area contributed by atoms with Crippen molar-refractivity contribution in [2.24, 2.45) is 46.3 Å². The van der Waals surface area contributed by atoms with Crippen molar-refractivity contribution in [2.75, 3.05) is 6.61 Å². The van der Waals surface area contributed by atoms with Crippen molar-refractivity contribution in [2.45, 2.75) is 115 Å². The van der Waals surface area contributed by atoms with E-state index in [9.17, 15) is 38.5 Å². The summed E-state index contributed by atoms with van der Waals surface area (Å²) >= 11 is 0. The summed E-state index contributed by atoms with van der Waals surface area (Å²) in [4.78, 5) is 0. The van der Waals surface area contributed by atoms with Gasteiger partial charge in [0.25, 0.3) is 0 Å². The van der Waals surface area contributed by atoms with E-state index in [0.717, 1.165) is 25.7 Å². The summed E-state index contributed by atoms with van der Waals surface area (Å²) in [5, 5.41) is 54.3. The molecule has 4 rings (SSSR count). The lowest BCUT2D eigenvalue weighted by atomic mass is 9.42. The van der Waals surface area contributed by atoms with Crippen LogP contribution >= 0.6 is 0 Å². The molecule has 4 aliphatic rings. The molecule has 6 N–H and O–H groups in total. The van der Waals surface area contributed by atoms with Gasteiger partial charge in [0, 0.05) is 18.4 Å². The maximum atomic E-state index is 11.9. The second-order valence-corrected chi connectivity index (χ2v) is 14.6. The molecule has 4 saturated carbocycles. The van der Waals surface area contributed by atoms with E-state index in [1.807, 2.05) is 20.8 Å². The van der Waals surface area contributed by atoms with Crippen LogP contribution in [0, 0.1) is 46.3 Å². The van der Waals surface area contributed by atoms with Crippen LogP contribution in [0.4, 0.5) is 0 Å². The third-order valence-corrected chi connectivity index (χ3v) is 11.9. The van der Waals surface area contributed by atoms with Crippen LogP contribution in [0.3, 0.4) is 0 Å². The smallest absolute Gasteiger partial charge is 0.396 e. The minimum Gasteiger partial charge on any atom is -0.396 e. The van der Waals surface area contributed by atoms with Gasteiger partial charge in [-0.1, -0.05) is 40.5 Å². The van der Waals surface area contributed by atoms with Gasteiger partial charge < -0.3 is 25.5 Å². The molecule has 0 aromatic carbocycles. The highest BCUT2D eigenvalue weighted by molar-refractivity contribution is 7.80. The van der Waals surface area contributed by atoms with E-state index < -0.39 is 51.2 Å². The van der Waals surface area contributed by atoms with Gasteiger partial charge in [0.05, 0.1) is 23.9 Å². The Morgan fingerprint density at radius 2 is 1.73 bits per heavy atom. The van der Waals surface area contributed by atoms with Crippen LogP contribution in [0.25, 0.3) is 0 Å². The lowest BCUT2D eigenvalue weighted by Gasteiger charge is -2.65. The maximum absolute atomic E-state index is 11.9. The van der Waals surface area contributed by atoms with Crippen LogP contribution in [0.2, 0.25) is 0 Å². The predicted molar refractivity (Wildman–Crippen MR) is 137 cm³/mol. The average molecular weight is 549 g/mol. The van der Waals surface area contributed by atoms with E-state index >= 15 is 0 Å². The lowest BCUT2D eigenvalue weighted by Crippen LogP contribution is -2.69. The Labute approximate surface area is 221 Å². The molecule has 0 aromatic rings. The van der Waals surface area contributed by atoms with Gasteiger partial charge in [0.2, 0.25) is 0 Å². The van der Waals surface area contributed by atoms with Crippen LogP contribution in [-0.2, 0) is 14.6 Å². The highest BCUT2D eigenvalue weighted by Gasteiger charge is 2.71. The minimum atomic E-state index is -4.81. The second-order valence-electron chi connectivity index (χ2n) is 13.5. The molecule has 0 spiro atoms. The zero-order valence-corrected chi connectivity index (χ0v) is 23.5. The molecule has 216 valence electrons. The normalized spacial score (nSPS) is 49.6. The maximum Gasteiger partial charge on any atom is 0.397 e. The van der Waals surface area contributed by atoms with Crippen LogP contribution in [0.5, 0.6) is 0 Å². The molecule has 0 aliphatic heterocycles. The quantitative estimate of drug-likeness (QED) is 0.250. The molecule has 37 heavy (non-hydrogen) atoms. The first-order valence-electron chi connectivity index (χ1n) is 14.1. The van der Waals surface area contributed by atoms with Crippen LogP contribution < -0.4 is 0 Å². The SMILES string of the molecule is C[C@H](CO)CCC[C@@H](C)[C@H]1[C@@H](OS(=O)(=O)O)[C@H](O)[C@H]2[C@@H]3C[C@@H](O)[C@@]4(O)C[C@@H](O)CC[C@]4(C)[C@H]3CC[C@]12C. The molecule has 13 atom stereocenters. The van der Waals surface area contributed by atoms with Crippen LogP contribution in [-0.4, -0.2) is 75.1 Å². The van der Waals surface area contributed by atoms with E-state index in [1.165, 1.54) is 0 Å². The molecule has 0 radical (unpaired) electrons. The molecule has 0 heterocycles. The number of hydrogen-bond donors (Lipinski definition) is 6. The molecule has 9 nitrogen and oxygen atoms in total. The highest BCUT2D eigenvalue weighted by atomic mass is 32.3. The fourth-order valence-electron chi connectivity index (χ4n) is 9.66. The van der Waals surface area contributed by atoms with Gasteiger partial charge in [-0.05, 0) is 79.4 Å². The summed E-state index contributed by atoms with van der Waals surface area (Å²) in [6.07, 6.45) is 1.40. The van der Waals surface area contributed by atoms with Crippen molar-refractivity contribution in [3.8, 4) is 0 Å². The van der Waals surface area contributed by atoms with E-state index in [-0.39, 0.29) is 55.0 Å². The van der Waals surface area contributed by atoms with Crippen molar-refractivity contribution in [3.63, 3.8) is 0 Å². The number of fused-ring (bicyclic) bond motifs is 5. The Kier molecular flexibility index (Phi) is 8.21. The second kappa shape index (κ2) is 10.3.